The first-order valence-corrected chi connectivity index (χ1v) is 8.16. The molecule has 0 bridgehead atoms. The molecule has 122 valence electrons. The van der Waals surface area contributed by atoms with Crippen molar-refractivity contribution >= 4 is 15.9 Å². The van der Waals surface area contributed by atoms with Crippen LogP contribution in [-0.4, -0.2) is 63.3 Å². The summed E-state index contributed by atoms with van der Waals surface area (Å²) in [4.78, 5) is 13.2. The van der Waals surface area contributed by atoms with Crippen LogP contribution in [0.3, 0.4) is 0 Å². The van der Waals surface area contributed by atoms with E-state index < -0.39 is 21.7 Å². The van der Waals surface area contributed by atoms with Crippen molar-refractivity contribution in [2.75, 3.05) is 39.8 Å². The quantitative estimate of drug-likeness (QED) is 0.843. The molecule has 0 radical (unpaired) electrons. The normalized spacial score (nSPS) is 16.1. The first-order chi connectivity index (χ1) is 10.3. The zero-order valence-corrected chi connectivity index (χ0v) is 12.9. The van der Waals surface area contributed by atoms with Crippen molar-refractivity contribution in [1.29, 1.82) is 0 Å². The number of carbonyl (C=O) groups excluding carboxylic acids is 1. The molecule has 1 aromatic carbocycles. The van der Waals surface area contributed by atoms with Crippen LogP contribution in [-0.2, 0) is 14.8 Å². The van der Waals surface area contributed by atoms with Gasteiger partial charge in [0.2, 0.25) is 15.9 Å². The van der Waals surface area contributed by atoms with E-state index in [2.05, 4.69) is 5.32 Å². The lowest BCUT2D eigenvalue weighted by atomic mass is 10.3. The third-order valence-corrected chi connectivity index (χ3v) is 5.23. The van der Waals surface area contributed by atoms with E-state index >= 15 is 0 Å². The van der Waals surface area contributed by atoms with Gasteiger partial charge >= 0.3 is 0 Å². The number of piperazine rings is 1. The minimum Gasteiger partial charge on any atom is -0.339 e. The van der Waals surface area contributed by atoms with Gasteiger partial charge in [-0.2, -0.15) is 4.31 Å². The Bertz CT molecular complexity index is 660. The summed E-state index contributed by atoms with van der Waals surface area (Å²) < 4.78 is 51.4. The van der Waals surface area contributed by atoms with Gasteiger partial charge in [-0.25, -0.2) is 17.2 Å². The highest BCUT2D eigenvalue weighted by molar-refractivity contribution is 7.89. The molecule has 22 heavy (non-hydrogen) atoms. The first kappa shape index (κ1) is 16.8. The second-order valence-electron chi connectivity index (χ2n) is 4.97. The van der Waals surface area contributed by atoms with Gasteiger partial charge < -0.3 is 10.2 Å². The monoisotopic (exact) mass is 333 g/mol. The van der Waals surface area contributed by atoms with Gasteiger partial charge in [0.15, 0.2) is 11.6 Å². The van der Waals surface area contributed by atoms with Gasteiger partial charge in [-0.05, 0) is 18.2 Å². The number of benzene rings is 1. The summed E-state index contributed by atoms with van der Waals surface area (Å²) in [6, 6.07) is 2.32. The Morgan fingerprint density at radius 3 is 2.50 bits per heavy atom. The molecule has 6 nitrogen and oxygen atoms in total. The SMILES string of the molecule is CN(CC(=O)N1CCNCC1)S(=O)(=O)c1ccc(F)c(F)c1. The zero-order valence-electron chi connectivity index (χ0n) is 12.1. The molecule has 1 N–H and O–H groups in total. The van der Waals surface area contributed by atoms with Crippen LogP contribution in [0.4, 0.5) is 8.78 Å². The molecule has 1 aromatic rings. The maximum Gasteiger partial charge on any atom is 0.243 e. The molecule has 1 fully saturated rings. The van der Waals surface area contributed by atoms with Crippen LogP contribution < -0.4 is 5.32 Å². The molecule has 0 spiro atoms. The van der Waals surface area contributed by atoms with Gasteiger partial charge in [0.1, 0.15) is 0 Å². The number of likely N-dealkylation sites (N-methyl/N-ethyl adjacent to an activating group) is 1. The Labute approximate surface area is 127 Å². The summed E-state index contributed by atoms with van der Waals surface area (Å²) in [6.45, 7) is 1.99. The van der Waals surface area contributed by atoms with Crippen LogP contribution in [0.5, 0.6) is 0 Å². The van der Waals surface area contributed by atoms with Crippen molar-refractivity contribution in [3.8, 4) is 0 Å². The second kappa shape index (κ2) is 6.67. The standard InChI is InChI=1S/C13H17F2N3O3S/c1-17(9-13(19)18-6-4-16-5-7-18)22(20,21)10-2-3-11(14)12(15)8-10/h2-3,8,16H,4-7,9H2,1H3. The molecule has 1 aliphatic heterocycles. The van der Waals surface area contributed by atoms with E-state index in [1.807, 2.05) is 0 Å². The lowest BCUT2D eigenvalue weighted by Crippen LogP contribution is -2.49. The van der Waals surface area contributed by atoms with Crippen LogP contribution in [0.15, 0.2) is 23.1 Å². The summed E-state index contributed by atoms with van der Waals surface area (Å²) >= 11 is 0. The van der Waals surface area contributed by atoms with Crippen molar-refractivity contribution in [2.45, 2.75) is 4.90 Å². The van der Waals surface area contributed by atoms with Gasteiger partial charge in [-0.1, -0.05) is 0 Å². The van der Waals surface area contributed by atoms with E-state index in [1.165, 1.54) is 7.05 Å². The molecular formula is C13H17F2N3O3S. The number of hydrogen-bond acceptors (Lipinski definition) is 4. The molecule has 1 heterocycles. The van der Waals surface area contributed by atoms with E-state index in [0.29, 0.717) is 32.2 Å². The number of carbonyl (C=O) groups is 1. The van der Waals surface area contributed by atoms with Crippen LogP contribution >= 0.6 is 0 Å². The molecule has 0 saturated carbocycles. The van der Waals surface area contributed by atoms with Crippen LogP contribution in [0.25, 0.3) is 0 Å². The van der Waals surface area contributed by atoms with E-state index in [9.17, 15) is 22.0 Å². The highest BCUT2D eigenvalue weighted by Gasteiger charge is 2.26. The van der Waals surface area contributed by atoms with Crippen LogP contribution in [0.1, 0.15) is 0 Å². The van der Waals surface area contributed by atoms with Crippen molar-refractivity contribution in [1.82, 2.24) is 14.5 Å². The Morgan fingerprint density at radius 1 is 1.27 bits per heavy atom. The zero-order chi connectivity index (χ0) is 16.3. The average molecular weight is 333 g/mol. The molecular weight excluding hydrogens is 316 g/mol. The van der Waals surface area contributed by atoms with Crippen molar-refractivity contribution in [3.63, 3.8) is 0 Å². The van der Waals surface area contributed by atoms with Crippen molar-refractivity contribution in [2.24, 2.45) is 0 Å². The molecule has 0 aliphatic carbocycles. The summed E-state index contributed by atoms with van der Waals surface area (Å²) in [7, 11) is -2.82. The average Bonchev–Trinajstić information content (AvgIpc) is 2.50. The third-order valence-electron chi connectivity index (χ3n) is 3.43. The van der Waals surface area contributed by atoms with Gasteiger partial charge in [-0.3, -0.25) is 4.79 Å². The van der Waals surface area contributed by atoms with E-state index in [-0.39, 0.29) is 17.3 Å². The van der Waals surface area contributed by atoms with E-state index in [4.69, 9.17) is 0 Å². The van der Waals surface area contributed by atoms with Gasteiger partial charge in [0.05, 0.1) is 11.4 Å². The summed E-state index contributed by atoms with van der Waals surface area (Å²) in [5, 5.41) is 3.09. The summed E-state index contributed by atoms with van der Waals surface area (Å²) in [5.41, 5.74) is 0. The number of rotatable bonds is 4. The smallest absolute Gasteiger partial charge is 0.243 e. The largest absolute Gasteiger partial charge is 0.339 e. The number of nitrogens with zero attached hydrogens (tertiary/aromatic N) is 2. The lowest BCUT2D eigenvalue weighted by Gasteiger charge is -2.29. The highest BCUT2D eigenvalue weighted by Crippen LogP contribution is 2.17. The Kier molecular flexibility index (Phi) is 5.09. The second-order valence-corrected chi connectivity index (χ2v) is 7.01. The molecule has 1 saturated heterocycles. The number of hydrogen-bond donors (Lipinski definition) is 1. The number of halogens is 2. The molecule has 9 heteroatoms. The van der Waals surface area contributed by atoms with Crippen LogP contribution in [0.2, 0.25) is 0 Å². The molecule has 2 rings (SSSR count). The highest BCUT2D eigenvalue weighted by atomic mass is 32.2. The lowest BCUT2D eigenvalue weighted by molar-refractivity contribution is -0.131. The maximum atomic E-state index is 13.2. The van der Waals surface area contributed by atoms with Gasteiger partial charge in [0.25, 0.3) is 0 Å². The van der Waals surface area contributed by atoms with E-state index in [0.717, 1.165) is 16.4 Å². The molecule has 1 amide bonds. The minimum absolute atomic E-state index is 0.324. The van der Waals surface area contributed by atoms with Gasteiger partial charge in [0, 0.05) is 33.2 Å². The molecule has 0 unspecified atom stereocenters. The fraction of sp³-hybridized carbons (Fsp3) is 0.462. The summed E-state index contributed by atoms with van der Waals surface area (Å²) in [6.07, 6.45) is 0. The summed E-state index contributed by atoms with van der Waals surface area (Å²) in [5.74, 6) is -2.70. The fourth-order valence-electron chi connectivity index (χ4n) is 2.11. The number of sulfonamides is 1. The number of amides is 1. The minimum atomic E-state index is -4.05. The predicted molar refractivity (Wildman–Crippen MR) is 75.6 cm³/mol. The Morgan fingerprint density at radius 2 is 1.91 bits per heavy atom. The molecule has 1 aliphatic rings. The molecule has 0 atom stereocenters. The third kappa shape index (κ3) is 3.60. The van der Waals surface area contributed by atoms with Crippen LogP contribution in [0, 0.1) is 11.6 Å². The number of nitrogens with one attached hydrogen (secondary N) is 1. The fourth-order valence-corrected chi connectivity index (χ4v) is 3.24. The van der Waals surface area contributed by atoms with E-state index in [1.54, 1.807) is 4.90 Å². The van der Waals surface area contributed by atoms with Crippen molar-refractivity contribution in [3.05, 3.63) is 29.8 Å². The van der Waals surface area contributed by atoms with Crippen molar-refractivity contribution < 1.29 is 22.0 Å². The first-order valence-electron chi connectivity index (χ1n) is 6.72. The Balaban J connectivity index is 2.11. The maximum absolute atomic E-state index is 13.2. The van der Waals surface area contributed by atoms with Gasteiger partial charge in [-0.15, -0.1) is 0 Å². The molecule has 0 aromatic heterocycles. The topological polar surface area (TPSA) is 69.7 Å². The Hall–Kier alpha value is -1.58. The predicted octanol–water partition coefficient (Wildman–Crippen LogP) is 0.0171.